The molecule has 37 heavy (non-hydrogen) atoms. The van der Waals surface area contributed by atoms with Crippen LogP contribution in [0.4, 0.5) is 13.2 Å². The Morgan fingerprint density at radius 2 is 2.05 bits per heavy atom. The number of amides is 1. The number of β-amino-alcohol motifs (C(OH)–C–C–N with tert-alkyl or cyclic N) is 1. The molecule has 3 heterocycles. The molecule has 0 spiro atoms. The third kappa shape index (κ3) is 5.42. The molecule has 2 aliphatic rings. The van der Waals surface area contributed by atoms with Crippen LogP contribution in [0.5, 0.6) is 0 Å². The number of aliphatic hydroxyl groups is 1. The molecule has 1 atom stereocenters. The van der Waals surface area contributed by atoms with Gasteiger partial charge in [0.05, 0.1) is 34.3 Å². The minimum absolute atomic E-state index is 0.0203. The summed E-state index contributed by atoms with van der Waals surface area (Å²) in [5.74, 6) is -0.330. The number of halogens is 4. The number of hydrogen-bond acceptors (Lipinski definition) is 5. The molecule has 1 fully saturated rings. The number of carbonyl (C=O) groups excluding carboxylic acids is 1. The van der Waals surface area contributed by atoms with E-state index in [-0.39, 0.29) is 23.0 Å². The zero-order chi connectivity index (χ0) is 26.4. The van der Waals surface area contributed by atoms with E-state index in [1.165, 1.54) is 28.6 Å². The second-order valence-electron chi connectivity index (χ2n) is 9.33. The molecular weight excluding hydrogens is 525 g/mol. The summed E-state index contributed by atoms with van der Waals surface area (Å²) in [5.41, 5.74) is -0.0677. The van der Waals surface area contributed by atoms with Gasteiger partial charge >= 0.3 is 6.18 Å². The first-order valence-corrected chi connectivity index (χ1v) is 13.1. The van der Waals surface area contributed by atoms with E-state index >= 15 is 0 Å². The second kappa shape index (κ2) is 9.81. The fourth-order valence-electron chi connectivity index (χ4n) is 4.68. The van der Waals surface area contributed by atoms with Crippen LogP contribution in [0.2, 0.25) is 5.02 Å². The molecule has 2 aromatic carbocycles. The predicted octanol–water partition coefficient (Wildman–Crippen LogP) is 5.96. The molecule has 11 heteroatoms. The van der Waals surface area contributed by atoms with Crippen molar-refractivity contribution < 1.29 is 23.1 Å². The Labute approximate surface area is 220 Å². The molecule has 1 amide bonds. The number of piperidine rings is 1. The smallest absolute Gasteiger partial charge is 0.388 e. The number of carbonyl (C=O) groups is 1. The maximum Gasteiger partial charge on any atom is 0.416 e. The van der Waals surface area contributed by atoms with Crippen molar-refractivity contribution in [1.29, 1.82) is 0 Å². The van der Waals surface area contributed by atoms with Crippen LogP contribution >= 0.6 is 23.4 Å². The van der Waals surface area contributed by atoms with Crippen molar-refractivity contribution in [3.8, 4) is 0 Å². The summed E-state index contributed by atoms with van der Waals surface area (Å²) in [6.07, 6.45) is 1.01. The van der Waals surface area contributed by atoms with Gasteiger partial charge in [0.2, 0.25) is 0 Å². The molecular formula is C26H24ClF3N4O2S. The topological polar surface area (TPSA) is 70.7 Å². The summed E-state index contributed by atoms with van der Waals surface area (Å²) in [6.45, 7) is 3.07. The van der Waals surface area contributed by atoms with Gasteiger partial charge in [-0.05, 0) is 72.5 Å². The SMILES string of the molecule is CCC1(O)CCCN(C2=NC(=O)/C(=C/c3ccc4c(cnn4Cc4ccc(Cl)cc4C(F)(F)F)c3)S2)C1. The van der Waals surface area contributed by atoms with Crippen LogP contribution in [0.3, 0.4) is 0 Å². The van der Waals surface area contributed by atoms with Gasteiger partial charge in [-0.3, -0.25) is 9.48 Å². The highest BCUT2D eigenvalue weighted by Crippen LogP contribution is 2.36. The Morgan fingerprint density at radius 1 is 1.24 bits per heavy atom. The third-order valence-electron chi connectivity index (χ3n) is 6.75. The van der Waals surface area contributed by atoms with E-state index in [9.17, 15) is 23.1 Å². The van der Waals surface area contributed by atoms with Crippen molar-refractivity contribution in [3.63, 3.8) is 0 Å². The van der Waals surface area contributed by atoms with Crippen LogP contribution in [0.15, 0.2) is 52.5 Å². The number of alkyl halides is 3. The summed E-state index contributed by atoms with van der Waals surface area (Å²) in [5, 5.41) is 16.3. The lowest BCUT2D eigenvalue weighted by Gasteiger charge is -2.39. The van der Waals surface area contributed by atoms with Gasteiger partial charge in [-0.15, -0.1) is 0 Å². The van der Waals surface area contributed by atoms with Gasteiger partial charge in [0.15, 0.2) is 5.17 Å². The summed E-state index contributed by atoms with van der Waals surface area (Å²) in [7, 11) is 0. The maximum absolute atomic E-state index is 13.5. The molecule has 0 aliphatic carbocycles. The molecule has 2 aliphatic heterocycles. The number of hydrogen-bond donors (Lipinski definition) is 1. The fraction of sp³-hybridized carbons (Fsp3) is 0.346. The zero-order valence-electron chi connectivity index (χ0n) is 19.9. The second-order valence-corrected chi connectivity index (χ2v) is 10.8. The Hall–Kier alpha value is -2.82. The van der Waals surface area contributed by atoms with Crippen molar-refractivity contribution in [2.75, 3.05) is 13.1 Å². The van der Waals surface area contributed by atoms with E-state index < -0.39 is 17.3 Å². The molecule has 1 unspecified atom stereocenters. The third-order valence-corrected chi connectivity index (χ3v) is 8.03. The van der Waals surface area contributed by atoms with Crippen molar-refractivity contribution in [2.24, 2.45) is 4.99 Å². The van der Waals surface area contributed by atoms with Crippen LogP contribution in [0.25, 0.3) is 17.0 Å². The number of likely N-dealkylation sites (tertiary alicyclic amines) is 1. The van der Waals surface area contributed by atoms with Crippen LogP contribution < -0.4 is 0 Å². The molecule has 1 N–H and O–H groups in total. The molecule has 0 bridgehead atoms. The molecule has 6 nitrogen and oxygen atoms in total. The highest BCUT2D eigenvalue weighted by molar-refractivity contribution is 8.18. The van der Waals surface area contributed by atoms with E-state index in [2.05, 4.69) is 10.1 Å². The lowest BCUT2D eigenvalue weighted by molar-refractivity contribution is -0.138. The number of rotatable bonds is 4. The highest BCUT2D eigenvalue weighted by Gasteiger charge is 2.36. The van der Waals surface area contributed by atoms with Crippen molar-refractivity contribution in [2.45, 2.75) is 44.5 Å². The number of aliphatic imine (C=N–C) groups is 1. The van der Waals surface area contributed by atoms with Crippen molar-refractivity contribution in [3.05, 3.63) is 69.2 Å². The minimum Gasteiger partial charge on any atom is -0.388 e. The van der Waals surface area contributed by atoms with Gasteiger partial charge in [-0.25, -0.2) is 0 Å². The molecule has 0 radical (unpaired) electrons. The van der Waals surface area contributed by atoms with Gasteiger partial charge in [-0.1, -0.05) is 30.7 Å². The van der Waals surface area contributed by atoms with Gasteiger partial charge in [0, 0.05) is 23.5 Å². The van der Waals surface area contributed by atoms with Gasteiger partial charge in [-0.2, -0.15) is 23.3 Å². The van der Waals surface area contributed by atoms with Gasteiger partial charge < -0.3 is 10.0 Å². The summed E-state index contributed by atoms with van der Waals surface area (Å²) >= 11 is 7.08. The number of fused-ring (bicyclic) bond motifs is 1. The van der Waals surface area contributed by atoms with E-state index in [1.54, 1.807) is 24.4 Å². The van der Waals surface area contributed by atoms with Gasteiger partial charge in [0.1, 0.15) is 0 Å². The normalized spacial score (nSPS) is 21.8. The Kier molecular flexibility index (Phi) is 6.84. The number of aromatic nitrogens is 2. The molecule has 0 saturated carbocycles. The van der Waals surface area contributed by atoms with Crippen LogP contribution in [-0.2, 0) is 17.5 Å². The van der Waals surface area contributed by atoms with Crippen LogP contribution in [0.1, 0.15) is 42.9 Å². The predicted molar refractivity (Wildman–Crippen MR) is 139 cm³/mol. The van der Waals surface area contributed by atoms with E-state index in [1.807, 2.05) is 17.9 Å². The first-order chi connectivity index (χ1) is 17.5. The summed E-state index contributed by atoms with van der Waals surface area (Å²) in [6, 6.07) is 9.12. The quantitative estimate of drug-likeness (QED) is 0.407. The highest BCUT2D eigenvalue weighted by atomic mass is 35.5. The largest absolute Gasteiger partial charge is 0.416 e. The summed E-state index contributed by atoms with van der Waals surface area (Å²) in [4.78, 5) is 19.2. The minimum atomic E-state index is -4.53. The first kappa shape index (κ1) is 25.8. The maximum atomic E-state index is 13.5. The molecule has 1 saturated heterocycles. The molecule has 1 aromatic heterocycles. The zero-order valence-corrected chi connectivity index (χ0v) is 21.5. The Bertz CT molecular complexity index is 1430. The monoisotopic (exact) mass is 548 g/mol. The van der Waals surface area contributed by atoms with E-state index in [4.69, 9.17) is 11.6 Å². The average molecular weight is 549 g/mol. The number of thioether (sulfide) groups is 1. The number of amidine groups is 1. The van der Waals surface area contributed by atoms with E-state index in [0.717, 1.165) is 36.4 Å². The summed E-state index contributed by atoms with van der Waals surface area (Å²) < 4.78 is 42.0. The Balaban J connectivity index is 1.35. The standard InChI is InChI=1S/C26H24ClF3N4O2S/c1-2-25(36)8-3-9-33(15-25)24-32-23(35)22(37-24)11-16-4-7-21-18(10-16)13-31-34(21)14-17-5-6-19(27)12-20(17)26(28,29)30/h4-7,10-13,36H,2-3,8-9,14-15H2,1H3/b22-11-. The van der Waals surface area contributed by atoms with Crippen molar-refractivity contribution >= 4 is 51.4 Å². The number of nitrogens with zero attached hydrogens (tertiary/aromatic N) is 4. The fourth-order valence-corrected chi connectivity index (χ4v) is 5.79. The molecule has 5 rings (SSSR count). The lowest BCUT2D eigenvalue weighted by atomic mass is 9.91. The number of benzene rings is 2. The van der Waals surface area contributed by atoms with Crippen LogP contribution in [-0.4, -0.2) is 49.6 Å². The molecule has 3 aromatic rings. The van der Waals surface area contributed by atoms with Crippen molar-refractivity contribution in [1.82, 2.24) is 14.7 Å². The van der Waals surface area contributed by atoms with Crippen LogP contribution in [0, 0.1) is 0 Å². The lowest BCUT2D eigenvalue weighted by Crippen LogP contribution is -2.49. The van der Waals surface area contributed by atoms with E-state index in [0.29, 0.717) is 28.6 Å². The molecule has 194 valence electrons. The first-order valence-electron chi connectivity index (χ1n) is 11.9. The van der Waals surface area contributed by atoms with Gasteiger partial charge in [0.25, 0.3) is 5.91 Å². The average Bonchev–Trinajstić information content (AvgIpc) is 3.42. The Morgan fingerprint density at radius 3 is 2.81 bits per heavy atom.